The molecule has 0 fully saturated rings. The van der Waals surface area contributed by atoms with E-state index in [2.05, 4.69) is 49.1 Å². The lowest BCUT2D eigenvalue weighted by Gasteiger charge is -2.13. The van der Waals surface area contributed by atoms with Crippen molar-refractivity contribution in [2.24, 2.45) is 0 Å². The van der Waals surface area contributed by atoms with Crippen LogP contribution in [-0.4, -0.2) is 24.5 Å². The predicted octanol–water partition coefficient (Wildman–Crippen LogP) is 4.01. The van der Waals surface area contributed by atoms with E-state index in [1.165, 1.54) is 5.56 Å². The van der Waals surface area contributed by atoms with Crippen LogP contribution in [0.25, 0.3) is 11.4 Å². The Morgan fingerprint density at radius 3 is 2.50 bits per heavy atom. The highest BCUT2D eigenvalue weighted by Gasteiger charge is 2.11. The second-order valence-corrected chi connectivity index (χ2v) is 6.65. The first-order valence-electron chi connectivity index (χ1n) is 9.24. The van der Waals surface area contributed by atoms with Crippen LogP contribution in [0.1, 0.15) is 22.6 Å². The molecule has 28 heavy (non-hydrogen) atoms. The van der Waals surface area contributed by atoms with Gasteiger partial charge in [0, 0.05) is 48.2 Å². The van der Waals surface area contributed by atoms with Gasteiger partial charge in [0.1, 0.15) is 11.6 Å². The van der Waals surface area contributed by atoms with E-state index in [0.29, 0.717) is 12.4 Å². The van der Waals surface area contributed by atoms with Crippen LogP contribution in [-0.2, 0) is 13.1 Å². The fourth-order valence-corrected chi connectivity index (χ4v) is 3.03. The summed E-state index contributed by atoms with van der Waals surface area (Å²) in [5, 5.41) is 3.44. The van der Waals surface area contributed by atoms with Crippen LogP contribution >= 0.6 is 0 Å². The third-order valence-electron chi connectivity index (χ3n) is 4.74. The Morgan fingerprint density at radius 1 is 0.929 bits per heavy atom. The number of hydrogen-bond acceptors (Lipinski definition) is 5. The fraction of sp³-hybridized carbons (Fsp3) is 0.182. The lowest BCUT2D eigenvalue weighted by molar-refractivity contribution is 0.734. The maximum atomic E-state index is 4.73. The summed E-state index contributed by atoms with van der Waals surface area (Å²) < 4.78 is 2.15. The monoisotopic (exact) mass is 370 g/mol. The third kappa shape index (κ3) is 3.91. The quantitative estimate of drug-likeness (QED) is 0.555. The van der Waals surface area contributed by atoms with E-state index >= 15 is 0 Å². The Hall–Kier alpha value is -3.54. The largest absolute Gasteiger partial charge is 0.362 e. The maximum Gasteiger partial charge on any atom is 0.161 e. The molecule has 3 aromatic heterocycles. The van der Waals surface area contributed by atoms with Crippen LogP contribution in [0.5, 0.6) is 0 Å². The van der Waals surface area contributed by atoms with Gasteiger partial charge in [0.05, 0.1) is 6.54 Å². The summed E-state index contributed by atoms with van der Waals surface area (Å²) in [6, 6.07) is 14.2. The molecule has 0 saturated carbocycles. The molecule has 1 N–H and O–H groups in total. The Kier molecular flexibility index (Phi) is 5.10. The number of nitrogens with one attached hydrogen (secondary N) is 1. The molecule has 140 valence electrons. The van der Waals surface area contributed by atoms with Crippen LogP contribution in [0.3, 0.4) is 0 Å². The average Bonchev–Trinajstić information content (AvgIpc) is 3.17. The van der Waals surface area contributed by atoms with Crippen molar-refractivity contribution in [3.8, 4) is 11.4 Å². The van der Waals surface area contributed by atoms with E-state index in [4.69, 9.17) is 4.98 Å². The van der Waals surface area contributed by atoms with Crippen molar-refractivity contribution in [3.05, 3.63) is 89.9 Å². The maximum absolute atomic E-state index is 4.73. The van der Waals surface area contributed by atoms with E-state index in [1.54, 1.807) is 12.4 Å². The molecule has 0 atom stereocenters. The van der Waals surface area contributed by atoms with Crippen LogP contribution < -0.4 is 5.32 Å². The SMILES string of the molecule is Cc1nc(-c2ccncc2)nc(NCc2nccn2Cc2ccccc2)c1C. The second-order valence-electron chi connectivity index (χ2n) is 6.65. The molecular formula is C22H22N6. The summed E-state index contributed by atoms with van der Waals surface area (Å²) in [5.41, 5.74) is 4.19. The summed E-state index contributed by atoms with van der Waals surface area (Å²) >= 11 is 0. The zero-order valence-corrected chi connectivity index (χ0v) is 16.0. The molecule has 3 heterocycles. The van der Waals surface area contributed by atoms with Crippen molar-refractivity contribution < 1.29 is 0 Å². The first-order valence-corrected chi connectivity index (χ1v) is 9.24. The number of benzene rings is 1. The second kappa shape index (κ2) is 8.00. The molecule has 0 radical (unpaired) electrons. The Morgan fingerprint density at radius 2 is 1.71 bits per heavy atom. The van der Waals surface area contributed by atoms with Gasteiger partial charge in [-0.25, -0.2) is 15.0 Å². The summed E-state index contributed by atoms with van der Waals surface area (Å²) in [6.45, 7) is 5.42. The van der Waals surface area contributed by atoms with Crippen molar-refractivity contribution in [1.82, 2.24) is 24.5 Å². The minimum atomic E-state index is 0.590. The number of pyridine rings is 1. The van der Waals surface area contributed by atoms with E-state index in [9.17, 15) is 0 Å². The number of aromatic nitrogens is 5. The highest BCUT2D eigenvalue weighted by Crippen LogP contribution is 2.21. The van der Waals surface area contributed by atoms with Crippen LogP contribution in [0, 0.1) is 13.8 Å². The van der Waals surface area contributed by atoms with Crippen molar-refractivity contribution in [1.29, 1.82) is 0 Å². The number of imidazole rings is 1. The number of nitrogens with zero attached hydrogens (tertiary/aromatic N) is 5. The highest BCUT2D eigenvalue weighted by atomic mass is 15.1. The molecule has 6 heteroatoms. The molecule has 0 unspecified atom stereocenters. The normalized spacial score (nSPS) is 10.8. The molecule has 0 aliphatic carbocycles. The standard InChI is InChI=1S/C22H22N6/c1-16-17(2)26-22(19-8-10-23-11-9-19)27-21(16)25-14-20-24-12-13-28(20)15-18-6-4-3-5-7-18/h3-13H,14-15H2,1-2H3,(H,25,26,27). The van der Waals surface area contributed by atoms with Crippen molar-refractivity contribution in [3.63, 3.8) is 0 Å². The lowest BCUT2D eigenvalue weighted by Crippen LogP contribution is -2.12. The summed E-state index contributed by atoms with van der Waals surface area (Å²) in [7, 11) is 0. The number of rotatable bonds is 6. The topological polar surface area (TPSA) is 68.5 Å². The molecule has 0 bridgehead atoms. The van der Waals surface area contributed by atoms with Gasteiger partial charge >= 0.3 is 0 Å². The van der Waals surface area contributed by atoms with E-state index in [0.717, 1.165) is 35.0 Å². The van der Waals surface area contributed by atoms with Gasteiger partial charge in [0.15, 0.2) is 5.82 Å². The molecule has 0 amide bonds. The van der Waals surface area contributed by atoms with E-state index in [-0.39, 0.29) is 0 Å². The molecule has 0 spiro atoms. The van der Waals surface area contributed by atoms with E-state index in [1.807, 2.05) is 44.4 Å². The third-order valence-corrected chi connectivity index (χ3v) is 4.74. The van der Waals surface area contributed by atoms with Gasteiger partial charge in [-0.1, -0.05) is 30.3 Å². The minimum absolute atomic E-state index is 0.590. The molecular weight excluding hydrogens is 348 g/mol. The Balaban J connectivity index is 1.54. The van der Waals surface area contributed by atoms with Gasteiger partial charge in [-0.05, 0) is 31.5 Å². The van der Waals surface area contributed by atoms with Gasteiger partial charge in [0.2, 0.25) is 0 Å². The zero-order valence-electron chi connectivity index (χ0n) is 16.0. The first kappa shape index (κ1) is 17.9. The number of hydrogen-bond donors (Lipinski definition) is 1. The molecule has 0 aliphatic heterocycles. The number of aryl methyl sites for hydroxylation is 1. The average molecular weight is 370 g/mol. The van der Waals surface area contributed by atoms with Gasteiger partial charge in [-0.15, -0.1) is 0 Å². The predicted molar refractivity (Wildman–Crippen MR) is 110 cm³/mol. The van der Waals surface area contributed by atoms with Crippen molar-refractivity contribution in [2.75, 3.05) is 5.32 Å². The zero-order chi connectivity index (χ0) is 19.3. The van der Waals surface area contributed by atoms with E-state index < -0.39 is 0 Å². The van der Waals surface area contributed by atoms with Crippen molar-refractivity contribution >= 4 is 5.82 Å². The number of anilines is 1. The summed E-state index contributed by atoms with van der Waals surface area (Å²) in [4.78, 5) is 17.9. The summed E-state index contributed by atoms with van der Waals surface area (Å²) in [6.07, 6.45) is 7.34. The minimum Gasteiger partial charge on any atom is -0.362 e. The Labute approximate surface area is 164 Å². The molecule has 6 nitrogen and oxygen atoms in total. The molecule has 0 saturated heterocycles. The lowest BCUT2D eigenvalue weighted by atomic mass is 10.2. The van der Waals surface area contributed by atoms with Crippen molar-refractivity contribution in [2.45, 2.75) is 26.9 Å². The molecule has 1 aromatic carbocycles. The van der Waals surface area contributed by atoms with Gasteiger partial charge in [0.25, 0.3) is 0 Å². The first-order chi connectivity index (χ1) is 13.7. The molecule has 4 rings (SSSR count). The summed E-state index contributed by atoms with van der Waals surface area (Å²) in [5.74, 6) is 2.49. The molecule has 4 aromatic rings. The molecule has 0 aliphatic rings. The van der Waals surface area contributed by atoms with Crippen LogP contribution in [0.2, 0.25) is 0 Å². The van der Waals surface area contributed by atoms with Gasteiger partial charge in [-0.3, -0.25) is 4.98 Å². The van der Waals surface area contributed by atoms with Gasteiger partial charge in [-0.2, -0.15) is 0 Å². The van der Waals surface area contributed by atoms with Gasteiger partial charge < -0.3 is 9.88 Å². The smallest absolute Gasteiger partial charge is 0.161 e. The van der Waals surface area contributed by atoms with Crippen LogP contribution in [0.15, 0.2) is 67.3 Å². The highest BCUT2D eigenvalue weighted by molar-refractivity contribution is 5.59. The fourth-order valence-electron chi connectivity index (χ4n) is 3.03. The van der Waals surface area contributed by atoms with Crippen LogP contribution in [0.4, 0.5) is 5.82 Å². The Bertz CT molecular complexity index is 1060.